The van der Waals surface area contributed by atoms with Crippen LogP contribution in [-0.4, -0.2) is 32.8 Å². The summed E-state index contributed by atoms with van der Waals surface area (Å²) in [4.78, 5) is 12.6. The lowest BCUT2D eigenvalue weighted by atomic mass is 10.4. The number of furan rings is 1. The van der Waals surface area contributed by atoms with Gasteiger partial charge >= 0.3 is 5.97 Å². The molecular formula is C11H14N4O3. The molecule has 0 saturated heterocycles. The van der Waals surface area contributed by atoms with E-state index in [1.165, 1.54) is 11.1 Å². The van der Waals surface area contributed by atoms with Gasteiger partial charge in [-0.15, -0.1) is 10.2 Å². The van der Waals surface area contributed by atoms with Gasteiger partial charge < -0.3 is 9.15 Å². The average Bonchev–Trinajstić information content (AvgIpc) is 2.98. The Bertz CT molecular complexity index is 492. The van der Waals surface area contributed by atoms with Crippen LogP contribution in [0, 0.1) is 0 Å². The number of unbranched alkanes of at least 4 members (excludes halogenated alkanes) is 1. The fourth-order valence-corrected chi connectivity index (χ4v) is 1.31. The van der Waals surface area contributed by atoms with E-state index < -0.39 is 0 Å². The molecule has 7 heteroatoms. The van der Waals surface area contributed by atoms with Crippen LogP contribution in [0.3, 0.4) is 0 Å². The number of hydrogen-bond donors (Lipinski definition) is 0. The van der Waals surface area contributed by atoms with Crippen molar-refractivity contribution in [1.82, 2.24) is 20.2 Å². The first-order valence-corrected chi connectivity index (χ1v) is 5.77. The zero-order chi connectivity index (χ0) is 12.8. The number of hydrogen-bond acceptors (Lipinski definition) is 6. The number of nitrogens with zero attached hydrogens (tertiary/aromatic N) is 4. The molecule has 0 spiro atoms. The van der Waals surface area contributed by atoms with E-state index in [1.807, 2.05) is 6.92 Å². The summed E-state index contributed by atoms with van der Waals surface area (Å²) >= 11 is 0. The first kappa shape index (κ1) is 12.3. The zero-order valence-electron chi connectivity index (χ0n) is 10.1. The topological polar surface area (TPSA) is 83.0 Å². The third-order valence-electron chi connectivity index (χ3n) is 2.23. The van der Waals surface area contributed by atoms with E-state index in [1.54, 1.807) is 12.1 Å². The molecule has 0 radical (unpaired) electrons. The van der Waals surface area contributed by atoms with E-state index in [2.05, 4.69) is 15.4 Å². The van der Waals surface area contributed by atoms with Gasteiger partial charge in [-0.1, -0.05) is 13.3 Å². The molecule has 2 aromatic heterocycles. The van der Waals surface area contributed by atoms with Crippen LogP contribution in [0.1, 0.15) is 19.8 Å². The highest BCUT2D eigenvalue weighted by Gasteiger charge is 2.11. The number of carbonyl (C=O) groups excluding carboxylic acids is 1. The molecule has 0 aliphatic rings. The van der Waals surface area contributed by atoms with Gasteiger partial charge in [0.05, 0.1) is 12.9 Å². The molecule has 0 aromatic carbocycles. The Kier molecular flexibility index (Phi) is 4.06. The van der Waals surface area contributed by atoms with Crippen LogP contribution in [0.5, 0.6) is 0 Å². The number of tetrazole rings is 1. The van der Waals surface area contributed by atoms with Crippen molar-refractivity contribution in [2.75, 3.05) is 6.61 Å². The van der Waals surface area contributed by atoms with Crippen molar-refractivity contribution in [1.29, 1.82) is 0 Å². The minimum absolute atomic E-state index is 0.0442. The van der Waals surface area contributed by atoms with E-state index >= 15 is 0 Å². The Morgan fingerprint density at radius 3 is 3.17 bits per heavy atom. The van der Waals surface area contributed by atoms with Gasteiger partial charge in [0.15, 0.2) is 12.3 Å². The minimum Gasteiger partial charge on any atom is -0.464 e. The van der Waals surface area contributed by atoms with Crippen LogP contribution in [0.15, 0.2) is 22.8 Å². The Morgan fingerprint density at radius 2 is 2.44 bits per heavy atom. The number of esters is 1. The Morgan fingerprint density at radius 1 is 1.56 bits per heavy atom. The fraction of sp³-hybridized carbons (Fsp3) is 0.455. The van der Waals surface area contributed by atoms with Gasteiger partial charge in [0.25, 0.3) is 0 Å². The molecule has 0 N–H and O–H groups in total. The van der Waals surface area contributed by atoms with Gasteiger partial charge in [-0.2, -0.15) is 4.80 Å². The maximum Gasteiger partial charge on any atom is 0.329 e. The van der Waals surface area contributed by atoms with Gasteiger partial charge in [0.1, 0.15) is 0 Å². The largest absolute Gasteiger partial charge is 0.464 e. The van der Waals surface area contributed by atoms with Crippen LogP contribution < -0.4 is 0 Å². The van der Waals surface area contributed by atoms with E-state index in [4.69, 9.17) is 9.15 Å². The minimum atomic E-state index is -0.369. The summed E-state index contributed by atoms with van der Waals surface area (Å²) in [5, 5.41) is 11.6. The molecule has 0 aliphatic carbocycles. The van der Waals surface area contributed by atoms with Crippen LogP contribution in [0.4, 0.5) is 0 Å². The molecule has 96 valence electrons. The summed E-state index contributed by atoms with van der Waals surface area (Å²) < 4.78 is 10.1. The molecule has 0 fully saturated rings. The molecule has 0 amide bonds. The van der Waals surface area contributed by atoms with Crippen molar-refractivity contribution < 1.29 is 13.9 Å². The van der Waals surface area contributed by atoms with E-state index in [9.17, 15) is 4.79 Å². The number of aromatic nitrogens is 4. The van der Waals surface area contributed by atoms with Crippen molar-refractivity contribution in [3.8, 4) is 11.6 Å². The maximum atomic E-state index is 11.4. The van der Waals surface area contributed by atoms with Crippen LogP contribution >= 0.6 is 0 Å². The van der Waals surface area contributed by atoms with E-state index in [-0.39, 0.29) is 12.5 Å². The summed E-state index contributed by atoms with van der Waals surface area (Å²) in [7, 11) is 0. The first-order valence-electron chi connectivity index (χ1n) is 5.77. The van der Waals surface area contributed by atoms with Gasteiger partial charge in [-0.05, 0) is 23.8 Å². The summed E-state index contributed by atoms with van der Waals surface area (Å²) in [6, 6.07) is 3.45. The quantitative estimate of drug-likeness (QED) is 0.567. The average molecular weight is 250 g/mol. The number of rotatable bonds is 6. The molecule has 2 rings (SSSR count). The third kappa shape index (κ3) is 3.16. The molecular weight excluding hydrogens is 236 g/mol. The second-order valence-corrected chi connectivity index (χ2v) is 3.69. The standard InChI is InChI=1S/C11H14N4O3/c1-2-3-6-18-10(16)8-15-13-11(12-14-15)9-5-4-7-17-9/h4-5,7H,2-3,6,8H2,1H3. The molecule has 0 unspecified atom stereocenters. The SMILES string of the molecule is CCCCOC(=O)Cn1nnc(-c2ccco2)n1. The second kappa shape index (κ2) is 5.95. The molecule has 0 saturated carbocycles. The lowest BCUT2D eigenvalue weighted by Gasteiger charge is -2.01. The van der Waals surface area contributed by atoms with E-state index in [0.717, 1.165) is 12.8 Å². The van der Waals surface area contributed by atoms with Crippen molar-refractivity contribution in [3.63, 3.8) is 0 Å². The predicted octanol–water partition coefficient (Wildman–Crippen LogP) is 1.28. The number of ether oxygens (including phenoxy) is 1. The normalized spacial score (nSPS) is 10.5. The smallest absolute Gasteiger partial charge is 0.329 e. The molecule has 0 atom stereocenters. The highest BCUT2D eigenvalue weighted by Crippen LogP contribution is 2.12. The van der Waals surface area contributed by atoms with Gasteiger partial charge in [-0.3, -0.25) is 0 Å². The maximum absolute atomic E-state index is 11.4. The van der Waals surface area contributed by atoms with Crippen molar-refractivity contribution in [2.24, 2.45) is 0 Å². The van der Waals surface area contributed by atoms with Crippen molar-refractivity contribution in [3.05, 3.63) is 18.4 Å². The molecule has 0 aliphatic heterocycles. The highest BCUT2D eigenvalue weighted by molar-refractivity contribution is 5.68. The van der Waals surface area contributed by atoms with Crippen LogP contribution in [0.25, 0.3) is 11.6 Å². The lowest BCUT2D eigenvalue weighted by molar-refractivity contribution is -0.145. The number of carbonyl (C=O) groups is 1. The lowest BCUT2D eigenvalue weighted by Crippen LogP contribution is -2.16. The molecule has 7 nitrogen and oxygen atoms in total. The van der Waals surface area contributed by atoms with Crippen LogP contribution in [0.2, 0.25) is 0 Å². The summed E-state index contributed by atoms with van der Waals surface area (Å²) in [5.41, 5.74) is 0. The first-order chi connectivity index (χ1) is 8.79. The van der Waals surface area contributed by atoms with Crippen LogP contribution in [-0.2, 0) is 16.1 Å². The van der Waals surface area contributed by atoms with Gasteiger partial charge in [0, 0.05) is 0 Å². The summed E-state index contributed by atoms with van der Waals surface area (Å²) in [5.74, 6) is 0.494. The second-order valence-electron chi connectivity index (χ2n) is 3.69. The molecule has 18 heavy (non-hydrogen) atoms. The van der Waals surface area contributed by atoms with Crippen molar-refractivity contribution in [2.45, 2.75) is 26.3 Å². The molecule has 0 bridgehead atoms. The third-order valence-corrected chi connectivity index (χ3v) is 2.23. The van der Waals surface area contributed by atoms with Gasteiger partial charge in [-0.25, -0.2) is 4.79 Å². The van der Waals surface area contributed by atoms with E-state index in [0.29, 0.717) is 18.2 Å². The highest BCUT2D eigenvalue weighted by atomic mass is 16.5. The zero-order valence-corrected chi connectivity index (χ0v) is 10.1. The summed E-state index contributed by atoms with van der Waals surface area (Å²) in [6.45, 7) is 2.41. The summed E-state index contributed by atoms with van der Waals surface area (Å²) in [6.07, 6.45) is 3.36. The molecule has 2 heterocycles. The van der Waals surface area contributed by atoms with Crippen molar-refractivity contribution >= 4 is 5.97 Å². The Labute approximate surface area is 104 Å². The Hall–Kier alpha value is -2.18. The van der Waals surface area contributed by atoms with Gasteiger partial charge in [0.2, 0.25) is 5.82 Å². The monoisotopic (exact) mass is 250 g/mol. The predicted molar refractivity (Wildman–Crippen MR) is 61.4 cm³/mol. The fourth-order valence-electron chi connectivity index (χ4n) is 1.31. The Balaban J connectivity index is 1.89. The molecule has 2 aromatic rings.